The Morgan fingerprint density at radius 2 is 2.25 bits per heavy atom. The fraction of sp³-hybridized carbons (Fsp3) is 0.556. The number of rotatable bonds is 1. The summed E-state index contributed by atoms with van der Waals surface area (Å²) >= 11 is 0. The van der Waals surface area contributed by atoms with Crippen molar-refractivity contribution in [2.75, 3.05) is 0 Å². The van der Waals surface area contributed by atoms with Gasteiger partial charge in [0.05, 0.1) is 17.9 Å². The number of alkyl halides is 3. The lowest BCUT2D eigenvalue weighted by Crippen LogP contribution is -2.31. The fourth-order valence-corrected chi connectivity index (χ4v) is 1.90. The zero-order valence-corrected chi connectivity index (χ0v) is 8.16. The molecular weight excluding hydrogens is 225 g/mol. The van der Waals surface area contributed by atoms with Crippen molar-refractivity contribution in [3.05, 3.63) is 17.7 Å². The Hall–Kier alpha value is -1.53. The molecule has 0 spiro atoms. The summed E-state index contributed by atoms with van der Waals surface area (Å²) in [6.07, 6.45) is -3.31. The Morgan fingerprint density at radius 1 is 1.56 bits per heavy atom. The molecule has 1 aliphatic heterocycles. The molecule has 1 atom stereocenters. The maximum Gasteiger partial charge on any atom is 0.392 e. The molecular formula is C9H9F3N2O2. The van der Waals surface area contributed by atoms with E-state index in [-0.39, 0.29) is 30.8 Å². The molecule has 1 aliphatic rings. The van der Waals surface area contributed by atoms with Gasteiger partial charge in [-0.2, -0.15) is 13.2 Å². The minimum absolute atomic E-state index is 0.0219. The van der Waals surface area contributed by atoms with E-state index in [0.29, 0.717) is 0 Å². The minimum Gasteiger partial charge on any atom is -0.476 e. The predicted molar refractivity (Wildman–Crippen MR) is 47.1 cm³/mol. The molecule has 7 heteroatoms. The SMILES string of the molecule is O=C(O)c1ncn2c1CC(C(F)(F)F)CC2. The highest BCUT2D eigenvalue weighted by Gasteiger charge is 2.42. The third kappa shape index (κ3) is 1.77. The number of aromatic carboxylic acids is 1. The lowest BCUT2D eigenvalue weighted by molar-refractivity contribution is -0.179. The average Bonchev–Trinajstić information content (AvgIpc) is 2.58. The first-order valence-electron chi connectivity index (χ1n) is 4.73. The van der Waals surface area contributed by atoms with Crippen molar-refractivity contribution in [1.29, 1.82) is 0 Å². The highest BCUT2D eigenvalue weighted by atomic mass is 19.4. The van der Waals surface area contributed by atoms with Crippen LogP contribution in [0.4, 0.5) is 13.2 Å². The van der Waals surface area contributed by atoms with Crippen LogP contribution in [0.15, 0.2) is 6.33 Å². The maximum absolute atomic E-state index is 12.5. The number of nitrogens with zero attached hydrogens (tertiary/aromatic N) is 2. The van der Waals surface area contributed by atoms with Gasteiger partial charge in [0.2, 0.25) is 0 Å². The summed E-state index contributed by atoms with van der Waals surface area (Å²) in [5.74, 6) is -2.74. The fourth-order valence-electron chi connectivity index (χ4n) is 1.90. The van der Waals surface area contributed by atoms with E-state index in [9.17, 15) is 18.0 Å². The van der Waals surface area contributed by atoms with Crippen LogP contribution in [0, 0.1) is 5.92 Å². The zero-order valence-electron chi connectivity index (χ0n) is 8.16. The predicted octanol–water partition coefficient (Wildman–Crippen LogP) is 1.71. The number of carbonyl (C=O) groups is 1. The molecule has 0 aliphatic carbocycles. The van der Waals surface area contributed by atoms with Crippen LogP contribution in [-0.4, -0.2) is 26.8 Å². The standard InChI is InChI=1S/C9H9F3N2O2/c10-9(11,12)5-1-2-14-4-13-7(8(15)16)6(14)3-5/h4-5H,1-3H2,(H,15,16). The summed E-state index contributed by atoms with van der Waals surface area (Å²) in [6, 6.07) is 0. The van der Waals surface area contributed by atoms with Crippen molar-refractivity contribution < 1.29 is 23.1 Å². The van der Waals surface area contributed by atoms with Crippen LogP contribution in [0.5, 0.6) is 0 Å². The van der Waals surface area contributed by atoms with Gasteiger partial charge in [0.1, 0.15) is 0 Å². The summed E-state index contributed by atoms with van der Waals surface area (Å²) in [4.78, 5) is 14.3. The smallest absolute Gasteiger partial charge is 0.392 e. The van der Waals surface area contributed by atoms with Crippen molar-refractivity contribution in [3.8, 4) is 0 Å². The van der Waals surface area contributed by atoms with Gasteiger partial charge in [-0.25, -0.2) is 9.78 Å². The molecule has 88 valence electrons. The molecule has 1 N–H and O–H groups in total. The van der Waals surface area contributed by atoms with Gasteiger partial charge in [-0.05, 0) is 6.42 Å². The Kier molecular flexibility index (Phi) is 2.40. The molecule has 2 rings (SSSR count). The van der Waals surface area contributed by atoms with Crippen LogP contribution in [0.25, 0.3) is 0 Å². The van der Waals surface area contributed by atoms with Crippen molar-refractivity contribution in [1.82, 2.24) is 9.55 Å². The molecule has 16 heavy (non-hydrogen) atoms. The van der Waals surface area contributed by atoms with Gasteiger partial charge in [0.15, 0.2) is 5.69 Å². The normalized spacial score (nSPS) is 20.6. The molecule has 0 saturated heterocycles. The van der Waals surface area contributed by atoms with Crippen molar-refractivity contribution in [3.63, 3.8) is 0 Å². The second kappa shape index (κ2) is 3.50. The number of carboxylic acids is 1. The van der Waals surface area contributed by atoms with Gasteiger partial charge in [-0.15, -0.1) is 0 Å². The number of halogens is 3. The van der Waals surface area contributed by atoms with Crippen LogP contribution in [0.2, 0.25) is 0 Å². The first-order valence-corrected chi connectivity index (χ1v) is 4.73. The Balaban J connectivity index is 2.31. The molecule has 2 heterocycles. The number of fused-ring (bicyclic) bond motifs is 1. The van der Waals surface area contributed by atoms with Gasteiger partial charge >= 0.3 is 12.1 Å². The number of imidazole rings is 1. The summed E-state index contributed by atoms with van der Waals surface area (Å²) in [5.41, 5.74) is -0.102. The van der Waals surface area contributed by atoms with Crippen molar-refractivity contribution in [2.45, 2.75) is 25.6 Å². The maximum atomic E-state index is 12.5. The minimum atomic E-state index is -4.27. The number of aromatic nitrogens is 2. The lowest BCUT2D eigenvalue weighted by Gasteiger charge is -2.25. The van der Waals surface area contributed by atoms with Crippen molar-refractivity contribution in [2.24, 2.45) is 5.92 Å². The lowest BCUT2D eigenvalue weighted by atomic mass is 9.94. The second-order valence-electron chi connectivity index (χ2n) is 3.77. The van der Waals surface area contributed by atoms with E-state index in [1.807, 2.05) is 0 Å². The van der Waals surface area contributed by atoms with E-state index in [0.717, 1.165) is 0 Å². The summed E-state index contributed by atoms with van der Waals surface area (Å²) < 4.78 is 39.0. The molecule has 0 fully saturated rings. The van der Waals surface area contributed by atoms with Gasteiger partial charge in [-0.1, -0.05) is 0 Å². The molecule has 4 nitrogen and oxygen atoms in total. The second-order valence-corrected chi connectivity index (χ2v) is 3.77. The number of aryl methyl sites for hydroxylation is 1. The first kappa shape index (κ1) is 11.0. The molecule has 1 unspecified atom stereocenters. The Labute approximate surface area is 88.7 Å². The number of carboxylic acid groups (broad SMARTS) is 1. The molecule has 0 radical (unpaired) electrons. The van der Waals surface area contributed by atoms with Gasteiger partial charge in [0, 0.05) is 13.0 Å². The Morgan fingerprint density at radius 3 is 2.81 bits per heavy atom. The summed E-state index contributed by atoms with van der Waals surface area (Å²) in [6.45, 7) is 0.166. The molecule has 1 aromatic heterocycles. The van der Waals surface area contributed by atoms with Gasteiger partial charge < -0.3 is 9.67 Å². The van der Waals surface area contributed by atoms with Crippen molar-refractivity contribution >= 4 is 5.97 Å². The van der Waals surface area contributed by atoms with Crippen LogP contribution in [0.3, 0.4) is 0 Å². The van der Waals surface area contributed by atoms with E-state index in [2.05, 4.69) is 4.98 Å². The Bertz CT molecular complexity index is 425. The van der Waals surface area contributed by atoms with Gasteiger partial charge in [0.25, 0.3) is 0 Å². The molecule has 0 aromatic carbocycles. The van der Waals surface area contributed by atoms with E-state index in [4.69, 9.17) is 5.11 Å². The molecule has 0 saturated carbocycles. The van der Waals surface area contributed by atoms with Gasteiger partial charge in [-0.3, -0.25) is 0 Å². The third-order valence-corrected chi connectivity index (χ3v) is 2.77. The molecule has 0 amide bonds. The van der Waals surface area contributed by atoms with Crippen LogP contribution >= 0.6 is 0 Å². The highest BCUT2D eigenvalue weighted by Crippen LogP contribution is 2.35. The third-order valence-electron chi connectivity index (χ3n) is 2.77. The highest BCUT2D eigenvalue weighted by molar-refractivity contribution is 5.86. The number of hydrogen-bond donors (Lipinski definition) is 1. The molecule has 0 bridgehead atoms. The quantitative estimate of drug-likeness (QED) is 0.804. The largest absolute Gasteiger partial charge is 0.476 e. The van der Waals surface area contributed by atoms with Crippen LogP contribution < -0.4 is 0 Å². The van der Waals surface area contributed by atoms with E-state index < -0.39 is 18.1 Å². The van der Waals surface area contributed by atoms with E-state index >= 15 is 0 Å². The average molecular weight is 234 g/mol. The van der Waals surface area contributed by atoms with E-state index in [1.54, 1.807) is 0 Å². The molecule has 1 aromatic rings. The van der Waals surface area contributed by atoms with E-state index in [1.165, 1.54) is 10.9 Å². The van der Waals surface area contributed by atoms with Crippen LogP contribution in [-0.2, 0) is 13.0 Å². The zero-order chi connectivity index (χ0) is 11.9. The topological polar surface area (TPSA) is 55.1 Å². The monoisotopic (exact) mass is 234 g/mol. The first-order chi connectivity index (χ1) is 7.39. The summed E-state index contributed by atoms with van der Waals surface area (Å²) in [7, 11) is 0. The van der Waals surface area contributed by atoms with Crippen LogP contribution in [0.1, 0.15) is 22.6 Å². The summed E-state index contributed by atoms with van der Waals surface area (Å²) in [5, 5.41) is 8.76. The number of hydrogen-bond acceptors (Lipinski definition) is 2.